The molecule has 1 unspecified atom stereocenters. The van der Waals surface area contributed by atoms with Crippen LogP contribution in [0.4, 0.5) is 0 Å². The predicted octanol–water partition coefficient (Wildman–Crippen LogP) is 3.55. The summed E-state index contributed by atoms with van der Waals surface area (Å²) in [6, 6.07) is 6.26. The van der Waals surface area contributed by atoms with E-state index in [1.54, 1.807) is 6.92 Å². The minimum absolute atomic E-state index is 0.0163. The Kier molecular flexibility index (Phi) is 5.29. The molecule has 21 heavy (non-hydrogen) atoms. The first kappa shape index (κ1) is 16.7. The summed E-state index contributed by atoms with van der Waals surface area (Å²) < 4.78 is 27.5. The van der Waals surface area contributed by atoms with Gasteiger partial charge in [-0.15, -0.1) is 11.3 Å². The molecule has 1 aromatic heterocycles. The van der Waals surface area contributed by atoms with Crippen LogP contribution in [0.3, 0.4) is 0 Å². The lowest BCUT2D eigenvalue weighted by molar-refractivity contribution is 0.568. The molecule has 0 saturated heterocycles. The highest BCUT2D eigenvalue weighted by molar-refractivity contribution is 7.89. The van der Waals surface area contributed by atoms with E-state index in [1.165, 1.54) is 23.5 Å². The third-order valence-corrected chi connectivity index (χ3v) is 6.48. The van der Waals surface area contributed by atoms with Crippen LogP contribution < -0.4 is 10.5 Å². The van der Waals surface area contributed by atoms with Gasteiger partial charge in [0.25, 0.3) is 0 Å². The van der Waals surface area contributed by atoms with Crippen molar-refractivity contribution < 1.29 is 8.42 Å². The number of sulfonamides is 1. The largest absolute Gasteiger partial charge is 0.326 e. The molecule has 0 saturated carbocycles. The van der Waals surface area contributed by atoms with Gasteiger partial charge in [0.2, 0.25) is 10.0 Å². The fraction of sp³-hybridized carbons (Fsp3) is 0.231. The van der Waals surface area contributed by atoms with E-state index in [0.29, 0.717) is 10.6 Å². The highest BCUT2D eigenvalue weighted by Crippen LogP contribution is 2.31. The van der Waals surface area contributed by atoms with E-state index < -0.39 is 10.0 Å². The maximum Gasteiger partial charge on any atom is 0.242 e. The first-order chi connectivity index (χ1) is 9.86. The molecule has 1 atom stereocenters. The summed E-state index contributed by atoms with van der Waals surface area (Å²) in [5.41, 5.74) is 5.98. The van der Waals surface area contributed by atoms with Gasteiger partial charge in [-0.05, 0) is 30.5 Å². The van der Waals surface area contributed by atoms with E-state index in [4.69, 9.17) is 28.9 Å². The van der Waals surface area contributed by atoms with Gasteiger partial charge >= 0.3 is 0 Å². The molecular weight excluding hydrogens is 351 g/mol. The highest BCUT2D eigenvalue weighted by Gasteiger charge is 2.23. The minimum atomic E-state index is -3.76. The summed E-state index contributed by atoms with van der Waals surface area (Å²) in [7, 11) is -3.76. The van der Waals surface area contributed by atoms with Crippen molar-refractivity contribution in [3.8, 4) is 0 Å². The lowest BCUT2D eigenvalue weighted by atomic mass is 10.2. The molecular formula is C13H14Cl2N2O2S2. The lowest BCUT2D eigenvalue weighted by Crippen LogP contribution is -2.27. The Balaban J connectivity index is 2.36. The summed E-state index contributed by atoms with van der Waals surface area (Å²) >= 11 is 13.6. The van der Waals surface area contributed by atoms with E-state index in [2.05, 4.69) is 4.72 Å². The van der Waals surface area contributed by atoms with E-state index >= 15 is 0 Å². The van der Waals surface area contributed by atoms with Crippen molar-refractivity contribution in [3.63, 3.8) is 0 Å². The topological polar surface area (TPSA) is 72.2 Å². The molecule has 0 bridgehead atoms. The molecule has 4 nitrogen and oxygen atoms in total. The first-order valence-electron chi connectivity index (χ1n) is 6.09. The van der Waals surface area contributed by atoms with Crippen LogP contribution in [-0.2, 0) is 16.6 Å². The Labute approximate surface area is 137 Å². The Hall–Kier alpha value is -0.630. The van der Waals surface area contributed by atoms with Crippen LogP contribution >= 0.6 is 34.5 Å². The maximum absolute atomic E-state index is 12.5. The van der Waals surface area contributed by atoms with Crippen molar-refractivity contribution >= 4 is 44.6 Å². The van der Waals surface area contributed by atoms with Crippen LogP contribution in [0.1, 0.15) is 23.4 Å². The number of hydrogen-bond donors (Lipinski definition) is 2. The lowest BCUT2D eigenvalue weighted by Gasteiger charge is -2.15. The van der Waals surface area contributed by atoms with Crippen LogP contribution in [0.2, 0.25) is 10.0 Å². The summed E-state index contributed by atoms with van der Waals surface area (Å²) in [5.74, 6) is 0. The summed E-state index contributed by atoms with van der Waals surface area (Å²) in [4.78, 5) is 0.903. The molecule has 3 N–H and O–H groups in total. The van der Waals surface area contributed by atoms with Crippen molar-refractivity contribution in [2.24, 2.45) is 5.73 Å². The maximum atomic E-state index is 12.5. The normalized spacial score (nSPS) is 13.3. The minimum Gasteiger partial charge on any atom is -0.326 e. The summed E-state index contributed by atoms with van der Waals surface area (Å²) in [6.07, 6.45) is 0. The number of halogens is 2. The Morgan fingerprint density at radius 1 is 1.33 bits per heavy atom. The van der Waals surface area contributed by atoms with Crippen molar-refractivity contribution in [2.75, 3.05) is 0 Å². The average molecular weight is 365 g/mol. The number of rotatable bonds is 5. The SMILES string of the molecule is CC(NS(=O)(=O)c1ccc(Cl)c(CN)c1Cl)c1cccs1. The van der Waals surface area contributed by atoms with Crippen molar-refractivity contribution in [2.45, 2.75) is 24.4 Å². The molecule has 0 fully saturated rings. The standard InChI is InChI=1S/C13H14Cl2N2O2S2/c1-8(11-3-2-6-20-11)17-21(18,19)12-5-4-10(14)9(7-16)13(12)15/h2-6,8,17H,7,16H2,1H3. The van der Waals surface area contributed by atoms with E-state index in [1.807, 2.05) is 17.5 Å². The Morgan fingerprint density at radius 3 is 2.62 bits per heavy atom. The molecule has 0 amide bonds. The van der Waals surface area contributed by atoms with Gasteiger partial charge in [0.1, 0.15) is 4.90 Å². The number of thiophene rings is 1. The van der Waals surface area contributed by atoms with Crippen LogP contribution in [-0.4, -0.2) is 8.42 Å². The van der Waals surface area contributed by atoms with Crippen LogP contribution in [0, 0.1) is 0 Å². The quantitative estimate of drug-likeness (QED) is 0.851. The first-order valence-corrected chi connectivity index (χ1v) is 9.21. The Morgan fingerprint density at radius 2 is 2.05 bits per heavy atom. The van der Waals surface area contributed by atoms with E-state index in [0.717, 1.165) is 4.88 Å². The number of benzene rings is 1. The second-order valence-corrected chi connectivity index (χ2v) is 7.85. The zero-order valence-electron chi connectivity index (χ0n) is 11.1. The second-order valence-electron chi connectivity index (χ2n) is 4.40. The van der Waals surface area contributed by atoms with Crippen molar-refractivity contribution in [1.29, 1.82) is 0 Å². The van der Waals surface area contributed by atoms with Gasteiger partial charge in [0, 0.05) is 22.0 Å². The molecule has 0 aliphatic rings. The second kappa shape index (κ2) is 6.64. The zero-order valence-corrected chi connectivity index (χ0v) is 14.3. The van der Waals surface area contributed by atoms with Gasteiger partial charge in [-0.1, -0.05) is 29.3 Å². The molecule has 114 valence electrons. The van der Waals surface area contributed by atoms with Gasteiger partial charge in [0.15, 0.2) is 0 Å². The fourth-order valence-electron chi connectivity index (χ4n) is 1.86. The molecule has 0 aliphatic carbocycles. The number of nitrogens with two attached hydrogens (primary N) is 1. The monoisotopic (exact) mass is 364 g/mol. The fourth-order valence-corrected chi connectivity index (χ4v) is 4.83. The van der Waals surface area contributed by atoms with Crippen LogP contribution in [0.15, 0.2) is 34.5 Å². The van der Waals surface area contributed by atoms with Crippen LogP contribution in [0.5, 0.6) is 0 Å². The van der Waals surface area contributed by atoms with E-state index in [-0.39, 0.29) is 22.5 Å². The Bertz CT molecular complexity index is 731. The average Bonchev–Trinajstić information content (AvgIpc) is 2.92. The third-order valence-electron chi connectivity index (χ3n) is 2.95. The smallest absolute Gasteiger partial charge is 0.242 e. The number of nitrogens with one attached hydrogen (secondary N) is 1. The zero-order chi connectivity index (χ0) is 15.6. The predicted molar refractivity (Wildman–Crippen MR) is 87.4 cm³/mol. The third kappa shape index (κ3) is 3.59. The molecule has 0 aliphatic heterocycles. The van der Waals surface area contributed by atoms with Gasteiger partial charge in [0.05, 0.1) is 11.1 Å². The molecule has 2 aromatic rings. The summed E-state index contributed by atoms with van der Waals surface area (Å²) in [6.45, 7) is 1.85. The molecule has 8 heteroatoms. The highest BCUT2D eigenvalue weighted by atomic mass is 35.5. The molecule has 1 aromatic carbocycles. The molecule has 1 heterocycles. The molecule has 2 rings (SSSR count). The van der Waals surface area contributed by atoms with Gasteiger partial charge in [-0.2, -0.15) is 0 Å². The molecule has 0 spiro atoms. The number of hydrogen-bond acceptors (Lipinski definition) is 4. The van der Waals surface area contributed by atoms with Crippen molar-refractivity contribution in [3.05, 3.63) is 50.1 Å². The van der Waals surface area contributed by atoms with Crippen molar-refractivity contribution in [1.82, 2.24) is 4.72 Å². The van der Waals surface area contributed by atoms with Gasteiger partial charge in [-0.25, -0.2) is 13.1 Å². The van der Waals surface area contributed by atoms with Gasteiger partial charge in [-0.3, -0.25) is 0 Å². The molecule has 0 radical (unpaired) electrons. The van der Waals surface area contributed by atoms with Gasteiger partial charge < -0.3 is 5.73 Å². The van der Waals surface area contributed by atoms with E-state index in [9.17, 15) is 8.42 Å². The van der Waals surface area contributed by atoms with Crippen LogP contribution in [0.25, 0.3) is 0 Å². The summed E-state index contributed by atoms with van der Waals surface area (Å²) in [5, 5.41) is 2.31.